The van der Waals surface area contributed by atoms with Gasteiger partial charge in [-0.2, -0.15) is 0 Å². The summed E-state index contributed by atoms with van der Waals surface area (Å²) in [5.41, 5.74) is 0.291. The fraction of sp³-hybridized carbons (Fsp3) is 0. The molecule has 3 N–H and O–H groups in total. The monoisotopic (exact) mass is 425 g/mol. The van der Waals surface area contributed by atoms with Gasteiger partial charge in [-0.05, 0) is 48.0 Å². The van der Waals surface area contributed by atoms with Crippen LogP contribution >= 0.6 is 23.4 Å². The fourth-order valence-electron chi connectivity index (χ4n) is 2.46. The number of phenols is 1. The van der Waals surface area contributed by atoms with Crippen molar-refractivity contribution in [3.05, 3.63) is 94.6 Å². The van der Waals surface area contributed by atoms with Crippen LogP contribution in [-0.2, 0) is 4.79 Å². The minimum absolute atomic E-state index is 0.00821. The fourth-order valence-corrected chi connectivity index (χ4v) is 3.55. The summed E-state index contributed by atoms with van der Waals surface area (Å²) in [6, 6.07) is 20.6. The van der Waals surface area contributed by atoms with E-state index in [9.17, 15) is 19.8 Å². The van der Waals surface area contributed by atoms with Crippen LogP contribution in [0.25, 0.3) is 6.08 Å². The highest BCUT2D eigenvalue weighted by Crippen LogP contribution is 2.33. The first-order chi connectivity index (χ1) is 13.9. The van der Waals surface area contributed by atoms with Crippen LogP contribution in [0.2, 0.25) is 5.02 Å². The topological polar surface area (TPSA) is 86.6 Å². The second-order valence-electron chi connectivity index (χ2n) is 5.94. The van der Waals surface area contributed by atoms with E-state index in [1.165, 1.54) is 30.0 Å². The first-order valence-electron chi connectivity index (χ1n) is 8.51. The van der Waals surface area contributed by atoms with Crippen LogP contribution < -0.4 is 5.32 Å². The maximum atomic E-state index is 12.3. The van der Waals surface area contributed by atoms with Gasteiger partial charge < -0.3 is 15.5 Å². The van der Waals surface area contributed by atoms with Crippen LogP contribution in [0.4, 0.5) is 0 Å². The number of aromatic hydroxyl groups is 1. The van der Waals surface area contributed by atoms with Gasteiger partial charge in [0.15, 0.2) is 0 Å². The van der Waals surface area contributed by atoms with Crippen molar-refractivity contribution in [2.24, 2.45) is 0 Å². The van der Waals surface area contributed by atoms with Gasteiger partial charge in [0.1, 0.15) is 11.4 Å². The van der Waals surface area contributed by atoms with Crippen molar-refractivity contribution in [2.45, 2.75) is 9.79 Å². The Morgan fingerprint density at radius 2 is 1.59 bits per heavy atom. The largest absolute Gasteiger partial charge is 0.507 e. The van der Waals surface area contributed by atoms with Crippen LogP contribution in [0, 0.1) is 0 Å². The highest BCUT2D eigenvalue weighted by molar-refractivity contribution is 7.99. The number of carbonyl (C=O) groups excluding carboxylic acids is 1. The molecule has 0 spiro atoms. The second kappa shape index (κ2) is 9.32. The molecule has 0 radical (unpaired) electrons. The maximum Gasteiger partial charge on any atom is 0.352 e. The zero-order valence-electron chi connectivity index (χ0n) is 15.0. The van der Waals surface area contributed by atoms with Gasteiger partial charge in [-0.3, -0.25) is 4.79 Å². The lowest BCUT2D eigenvalue weighted by atomic mass is 10.1. The quantitative estimate of drug-likeness (QED) is 0.481. The number of halogens is 1. The van der Waals surface area contributed by atoms with Crippen LogP contribution in [0.5, 0.6) is 5.75 Å². The Morgan fingerprint density at radius 1 is 0.931 bits per heavy atom. The van der Waals surface area contributed by atoms with E-state index in [2.05, 4.69) is 5.32 Å². The van der Waals surface area contributed by atoms with Gasteiger partial charge >= 0.3 is 5.97 Å². The molecule has 0 heterocycles. The average molecular weight is 426 g/mol. The Bertz CT molecular complexity index is 1080. The molecule has 3 rings (SSSR count). The summed E-state index contributed by atoms with van der Waals surface area (Å²) >= 11 is 7.66. The molecule has 0 aliphatic heterocycles. The molecule has 3 aromatic carbocycles. The molecule has 0 aromatic heterocycles. The molecule has 1 amide bonds. The van der Waals surface area contributed by atoms with Gasteiger partial charge in [0, 0.05) is 9.79 Å². The Morgan fingerprint density at radius 3 is 2.24 bits per heavy atom. The summed E-state index contributed by atoms with van der Waals surface area (Å²) in [6.45, 7) is 0. The highest BCUT2D eigenvalue weighted by atomic mass is 35.5. The highest BCUT2D eigenvalue weighted by Gasteiger charge is 2.16. The first kappa shape index (κ1) is 20.5. The van der Waals surface area contributed by atoms with Crippen LogP contribution in [0.15, 0.2) is 88.3 Å². The molecular formula is C22H16ClNO4S. The summed E-state index contributed by atoms with van der Waals surface area (Å²) in [5, 5.41) is 22.1. The third kappa shape index (κ3) is 5.40. The number of nitrogens with one attached hydrogen (secondary N) is 1. The number of phenolic OH excluding ortho intramolecular Hbond substituents is 1. The molecule has 0 atom stereocenters. The number of carbonyl (C=O) groups is 2. The van der Waals surface area contributed by atoms with E-state index >= 15 is 0 Å². The van der Waals surface area contributed by atoms with Crippen molar-refractivity contribution in [1.82, 2.24) is 5.32 Å². The molecular weight excluding hydrogens is 410 g/mol. The van der Waals surface area contributed by atoms with E-state index in [-0.39, 0.29) is 17.0 Å². The minimum Gasteiger partial charge on any atom is -0.507 e. The Labute approximate surface area is 176 Å². The first-order valence-corrected chi connectivity index (χ1v) is 9.70. The number of carboxylic acids is 1. The molecule has 0 fully saturated rings. The molecule has 0 saturated carbocycles. The van der Waals surface area contributed by atoms with Gasteiger partial charge in [-0.15, -0.1) is 0 Å². The molecule has 0 unspecified atom stereocenters. The lowest BCUT2D eigenvalue weighted by Gasteiger charge is -2.08. The van der Waals surface area contributed by atoms with E-state index in [4.69, 9.17) is 11.6 Å². The van der Waals surface area contributed by atoms with Gasteiger partial charge in [0.25, 0.3) is 5.91 Å². The SMILES string of the molecule is O=C(O)C(=Cc1ccc(Sc2ccccc2Cl)cc1)NC(=O)c1ccccc1O. The third-order valence-electron chi connectivity index (χ3n) is 3.88. The third-order valence-corrected chi connectivity index (χ3v) is 5.41. The standard InChI is InChI=1S/C22H16ClNO4S/c23-17-6-2-4-8-20(17)29-15-11-9-14(10-12-15)13-18(22(27)28)24-21(26)16-5-1-3-7-19(16)25/h1-13,25H,(H,24,26)(H,27,28). The van der Waals surface area contributed by atoms with E-state index < -0.39 is 11.9 Å². The predicted octanol–water partition coefficient (Wildman–Crippen LogP) is 5.05. The van der Waals surface area contributed by atoms with Crippen molar-refractivity contribution in [1.29, 1.82) is 0 Å². The summed E-state index contributed by atoms with van der Waals surface area (Å²) in [6.07, 6.45) is 1.35. The van der Waals surface area contributed by atoms with Crippen molar-refractivity contribution in [3.63, 3.8) is 0 Å². The number of carboxylic acid groups (broad SMARTS) is 1. The number of amides is 1. The second-order valence-corrected chi connectivity index (χ2v) is 7.46. The molecule has 0 aliphatic rings. The molecule has 0 saturated heterocycles. The summed E-state index contributed by atoms with van der Waals surface area (Å²) in [5.74, 6) is -2.22. The van der Waals surface area contributed by atoms with Gasteiger partial charge in [0.05, 0.1) is 10.6 Å². The molecule has 0 bridgehead atoms. The van der Waals surface area contributed by atoms with Crippen molar-refractivity contribution in [2.75, 3.05) is 0 Å². The van der Waals surface area contributed by atoms with E-state index in [0.717, 1.165) is 9.79 Å². The molecule has 146 valence electrons. The van der Waals surface area contributed by atoms with Gasteiger partial charge in [0.2, 0.25) is 0 Å². The zero-order valence-corrected chi connectivity index (χ0v) is 16.6. The van der Waals surface area contributed by atoms with E-state index in [0.29, 0.717) is 10.6 Å². The predicted molar refractivity (Wildman–Crippen MR) is 113 cm³/mol. The smallest absolute Gasteiger partial charge is 0.352 e. The Kier molecular flexibility index (Phi) is 6.59. The van der Waals surface area contributed by atoms with Crippen LogP contribution in [-0.4, -0.2) is 22.1 Å². The van der Waals surface area contributed by atoms with Gasteiger partial charge in [-0.1, -0.05) is 59.8 Å². The number of benzene rings is 3. The normalized spacial score (nSPS) is 11.1. The van der Waals surface area contributed by atoms with E-state index in [1.807, 2.05) is 36.4 Å². The molecule has 0 aliphatic carbocycles. The lowest BCUT2D eigenvalue weighted by Crippen LogP contribution is -2.27. The maximum absolute atomic E-state index is 12.3. The summed E-state index contributed by atoms with van der Waals surface area (Å²) in [4.78, 5) is 25.7. The zero-order chi connectivity index (χ0) is 20.8. The van der Waals surface area contributed by atoms with Crippen molar-refractivity contribution in [3.8, 4) is 5.75 Å². The van der Waals surface area contributed by atoms with E-state index in [1.54, 1.807) is 24.3 Å². The minimum atomic E-state index is -1.29. The molecule has 7 heteroatoms. The molecule has 3 aromatic rings. The van der Waals surface area contributed by atoms with Crippen LogP contribution in [0.3, 0.4) is 0 Å². The number of aliphatic carboxylic acids is 1. The van der Waals surface area contributed by atoms with Crippen molar-refractivity contribution < 1.29 is 19.8 Å². The Hall–Kier alpha value is -3.22. The number of hydrogen-bond donors (Lipinski definition) is 3. The van der Waals surface area contributed by atoms with Crippen molar-refractivity contribution >= 4 is 41.3 Å². The molecule has 29 heavy (non-hydrogen) atoms. The number of hydrogen-bond acceptors (Lipinski definition) is 4. The summed E-state index contributed by atoms with van der Waals surface area (Å²) in [7, 11) is 0. The number of rotatable bonds is 6. The Balaban J connectivity index is 1.77. The molecule has 5 nitrogen and oxygen atoms in total. The lowest BCUT2D eigenvalue weighted by molar-refractivity contribution is -0.132. The summed E-state index contributed by atoms with van der Waals surface area (Å²) < 4.78 is 0. The average Bonchev–Trinajstić information content (AvgIpc) is 2.70. The van der Waals surface area contributed by atoms with Gasteiger partial charge in [-0.25, -0.2) is 4.79 Å². The number of para-hydroxylation sites is 1. The van der Waals surface area contributed by atoms with Crippen LogP contribution in [0.1, 0.15) is 15.9 Å².